The molecule has 0 aromatic carbocycles. The van der Waals surface area contributed by atoms with E-state index in [1.165, 1.54) is 0 Å². The topological polar surface area (TPSA) is 78.0 Å². The maximum absolute atomic E-state index is 10.9. The number of aromatic amines is 1. The van der Waals surface area contributed by atoms with Crippen molar-refractivity contribution in [3.63, 3.8) is 0 Å². The van der Waals surface area contributed by atoms with E-state index >= 15 is 0 Å². The van der Waals surface area contributed by atoms with Crippen LogP contribution in [0.1, 0.15) is 25.2 Å². The summed E-state index contributed by atoms with van der Waals surface area (Å²) in [4.78, 5) is 18.1. The molecule has 2 heterocycles. The van der Waals surface area contributed by atoms with Crippen molar-refractivity contribution in [3.8, 4) is 0 Å². The number of aromatic nitrogens is 2. The molecule has 1 aromatic heterocycles. The fraction of sp³-hybridized carbons (Fsp3) is 0.556. The van der Waals surface area contributed by atoms with E-state index in [2.05, 4.69) is 15.3 Å². The number of imidazole rings is 1. The predicted octanol–water partition coefficient (Wildman–Crippen LogP) is 0.244. The van der Waals surface area contributed by atoms with Gasteiger partial charge in [-0.15, -0.1) is 0 Å². The first-order valence-electron chi connectivity index (χ1n) is 4.54. The van der Waals surface area contributed by atoms with Crippen LogP contribution >= 0.6 is 0 Å². The fourth-order valence-corrected chi connectivity index (χ4v) is 1.92. The average molecular weight is 195 g/mol. The minimum Gasteiger partial charge on any atom is -0.480 e. The van der Waals surface area contributed by atoms with Crippen molar-refractivity contribution in [2.45, 2.75) is 31.8 Å². The second-order valence-electron chi connectivity index (χ2n) is 4.09. The molecule has 5 nitrogen and oxygen atoms in total. The van der Waals surface area contributed by atoms with Gasteiger partial charge in [-0.2, -0.15) is 0 Å². The van der Waals surface area contributed by atoms with E-state index in [0.717, 1.165) is 11.4 Å². The summed E-state index contributed by atoms with van der Waals surface area (Å²) in [5, 5.41) is 12.0. The Kier molecular flexibility index (Phi) is 1.85. The van der Waals surface area contributed by atoms with Crippen LogP contribution in [-0.2, 0) is 16.8 Å². The van der Waals surface area contributed by atoms with Crippen molar-refractivity contribution in [3.05, 3.63) is 17.7 Å². The lowest BCUT2D eigenvalue weighted by Crippen LogP contribution is -2.52. The van der Waals surface area contributed by atoms with Gasteiger partial charge in [-0.3, -0.25) is 10.1 Å². The van der Waals surface area contributed by atoms with Gasteiger partial charge in [0.2, 0.25) is 0 Å². The quantitative estimate of drug-likeness (QED) is 0.600. The summed E-state index contributed by atoms with van der Waals surface area (Å²) in [6.45, 7) is 3.86. The number of H-pyrrole nitrogens is 1. The lowest BCUT2D eigenvalue weighted by atomic mass is 9.90. The zero-order chi connectivity index (χ0) is 10.3. The summed E-state index contributed by atoms with van der Waals surface area (Å²) in [7, 11) is 0. The molecule has 2 rings (SSSR count). The average Bonchev–Trinajstić information content (AvgIpc) is 2.51. The summed E-state index contributed by atoms with van der Waals surface area (Å²) in [6, 6.07) is -0.530. The van der Waals surface area contributed by atoms with Gasteiger partial charge in [0.05, 0.1) is 17.6 Å². The van der Waals surface area contributed by atoms with E-state index in [9.17, 15) is 4.79 Å². The third-order valence-electron chi connectivity index (χ3n) is 2.55. The van der Waals surface area contributed by atoms with Crippen LogP contribution in [-0.4, -0.2) is 27.1 Å². The molecule has 14 heavy (non-hydrogen) atoms. The van der Waals surface area contributed by atoms with Crippen molar-refractivity contribution < 1.29 is 9.90 Å². The molecule has 0 radical (unpaired) electrons. The van der Waals surface area contributed by atoms with Gasteiger partial charge in [0, 0.05) is 12.1 Å². The monoisotopic (exact) mass is 195 g/mol. The Hall–Kier alpha value is -1.36. The standard InChI is InChI=1S/C9H13N3O2/c1-9(2)7-5(10-4-11-7)3-6(12-9)8(13)14/h4,6,12H,3H2,1-2H3,(H,10,11)(H,13,14). The molecule has 1 aromatic rings. The van der Waals surface area contributed by atoms with Crippen LogP contribution in [0.3, 0.4) is 0 Å². The highest BCUT2D eigenvalue weighted by Crippen LogP contribution is 2.27. The maximum Gasteiger partial charge on any atom is 0.321 e. The molecule has 0 spiro atoms. The second kappa shape index (κ2) is 2.81. The molecule has 1 atom stereocenters. The lowest BCUT2D eigenvalue weighted by Gasteiger charge is -2.34. The molecule has 0 bridgehead atoms. The molecule has 0 saturated heterocycles. The normalized spacial score (nSPS) is 24.3. The molecule has 0 fully saturated rings. The van der Waals surface area contributed by atoms with Gasteiger partial charge in [0.25, 0.3) is 0 Å². The Morgan fingerprint density at radius 2 is 2.43 bits per heavy atom. The Labute approximate surface area is 81.5 Å². The van der Waals surface area contributed by atoms with Crippen molar-refractivity contribution >= 4 is 5.97 Å². The Morgan fingerprint density at radius 1 is 1.71 bits per heavy atom. The number of hydrogen-bond acceptors (Lipinski definition) is 3. The first-order chi connectivity index (χ1) is 6.50. The van der Waals surface area contributed by atoms with Crippen molar-refractivity contribution in [2.24, 2.45) is 0 Å². The number of fused-ring (bicyclic) bond motifs is 1. The van der Waals surface area contributed by atoms with Gasteiger partial charge in [-0.25, -0.2) is 4.98 Å². The van der Waals surface area contributed by atoms with Crippen LogP contribution in [0.2, 0.25) is 0 Å². The number of nitrogens with one attached hydrogen (secondary N) is 2. The zero-order valence-electron chi connectivity index (χ0n) is 8.16. The third kappa shape index (κ3) is 1.29. The maximum atomic E-state index is 10.9. The van der Waals surface area contributed by atoms with E-state index in [4.69, 9.17) is 5.11 Å². The van der Waals surface area contributed by atoms with Crippen LogP contribution in [0.15, 0.2) is 6.33 Å². The SMILES string of the molecule is CC1(C)NC(C(=O)O)Cc2[nH]cnc21. The number of aliphatic carboxylic acids is 1. The molecule has 0 amide bonds. The number of carboxylic acid groups (broad SMARTS) is 1. The van der Waals surface area contributed by atoms with Crippen LogP contribution in [0.5, 0.6) is 0 Å². The molecule has 5 heteroatoms. The number of hydrogen-bond donors (Lipinski definition) is 3. The molecular weight excluding hydrogens is 182 g/mol. The van der Waals surface area contributed by atoms with Crippen molar-refractivity contribution in [1.29, 1.82) is 0 Å². The summed E-state index contributed by atoms with van der Waals surface area (Å²) in [6.07, 6.45) is 2.08. The van der Waals surface area contributed by atoms with Gasteiger partial charge in [-0.05, 0) is 13.8 Å². The Morgan fingerprint density at radius 3 is 3.07 bits per heavy atom. The molecular formula is C9H13N3O2. The minimum absolute atomic E-state index is 0.378. The van der Waals surface area contributed by atoms with Crippen LogP contribution < -0.4 is 5.32 Å². The molecule has 0 saturated carbocycles. The van der Waals surface area contributed by atoms with E-state index in [-0.39, 0.29) is 5.54 Å². The van der Waals surface area contributed by atoms with Gasteiger partial charge >= 0.3 is 5.97 Å². The summed E-state index contributed by atoms with van der Waals surface area (Å²) < 4.78 is 0. The molecule has 0 aliphatic carbocycles. The highest BCUT2D eigenvalue weighted by Gasteiger charge is 2.37. The highest BCUT2D eigenvalue weighted by atomic mass is 16.4. The lowest BCUT2D eigenvalue weighted by molar-refractivity contribution is -0.140. The minimum atomic E-state index is -0.821. The summed E-state index contributed by atoms with van der Waals surface area (Å²) in [5.41, 5.74) is 1.45. The highest BCUT2D eigenvalue weighted by molar-refractivity contribution is 5.74. The van der Waals surface area contributed by atoms with Crippen LogP contribution in [0.4, 0.5) is 0 Å². The van der Waals surface area contributed by atoms with E-state index in [0.29, 0.717) is 6.42 Å². The van der Waals surface area contributed by atoms with Gasteiger partial charge in [0.1, 0.15) is 6.04 Å². The smallest absolute Gasteiger partial charge is 0.321 e. The molecule has 1 unspecified atom stereocenters. The second-order valence-corrected chi connectivity index (χ2v) is 4.09. The number of carboxylic acids is 1. The van der Waals surface area contributed by atoms with Gasteiger partial charge in [0.15, 0.2) is 0 Å². The van der Waals surface area contributed by atoms with Gasteiger partial charge in [-0.1, -0.05) is 0 Å². The Bertz CT molecular complexity index is 370. The van der Waals surface area contributed by atoms with Crippen molar-refractivity contribution in [1.82, 2.24) is 15.3 Å². The number of rotatable bonds is 1. The molecule has 1 aliphatic heterocycles. The van der Waals surface area contributed by atoms with E-state index in [1.54, 1.807) is 6.33 Å². The fourth-order valence-electron chi connectivity index (χ4n) is 1.92. The van der Waals surface area contributed by atoms with Crippen LogP contribution in [0.25, 0.3) is 0 Å². The van der Waals surface area contributed by atoms with Crippen molar-refractivity contribution in [2.75, 3.05) is 0 Å². The molecule has 76 valence electrons. The summed E-state index contributed by atoms with van der Waals surface area (Å²) in [5.74, 6) is -0.821. The number of carbonyl (C=O) groups is 1. The van der Waals surface area contributed by atoms with Gasteiger partial charge < -0.3 is 10.1 Å². The van der Waals surface area contributed by atoms with Crippen LogP contribution in [0, 0.1) is 0 Å². The molecule has 1 aliphatic rings. The third-order valence-corrected chi connectivity index (χ3v) is 2.55. The Balaban J connectivity index is 2.38. The molecule has 3 N–H and O–H groups in total. The number of nitrogens with zero attached hydrogens (tertiary/aromatic N) is 1. The largest absolute Gasteiger partial charge is 0.480 e. The summed E-state index contributed by atoms with van der Waals surface area (Å²) >= 11 is 0. The first kappa shape index (κ1) is 9.21. The zero-order valence-corrected chi connectivity index (χ0v) is 8.16. The first-order valence-corrected chi connectivity index (χ1v) is 4.54. The van der Waals surface area contributed by atoms with E-state index in [1.807, 2.05) is 13.8 Å². The van der Waals surface area contributed by atoms with E-state index < -0.39 is 12.0 Å². The predicted molar refractivity (Wildman–Crippen MR) is 49.9 cm³/mol.